The molecule has 1 saturated heterocycles. The Morgan fingerprint density at radius 2 is 1.65 bits per heavy atom. The molecule has 1 aromatic heterocycles. The van der Waals surface area contributed by atoms with Crippen LogP contribution in [0.1, 0.15) is 5.76 Å². The van der Waals surface area contributed by atoms with E-state index in [-0.39, 0.29) is 11.6 Å². The minimum absolute atomic E-state index is 0.0180. The van der Waals surface area contributed by atoms with E-state index in [1.54, 1.807) is 35.2 Å². The van der Waals surface area contributed by atoms with Crippen LogP contribution in [0.3, 0.4) is 0 Å². The summed E-state index contributed by atoms with van der Waals surface area (Å²) in [5, 5.41) is 11.6. The molecule has 0 atom stereocenters. The predicted octanol–water partition coefficient (Wildman–Crippen LogP) is 6.66. The maximum atomic E-state index is 13.3. The number of carbonyl (C=O) groups excluding carboxylic acids is 1. The monoisotopic (exact) mass is 467 g/mol. The summed E-state index contributed by atoms with van der Waals surface area (Å²) in [4.78, 5) is 30.7. The van der Waals surface area contributed by atoms with Crippen LogP contribution in [0, 0.1) is 10.1 Å². The number of nitro groups is 1. The lowest BCUT2D eigenvalue weighted by molar-refractivity contribution is -0.384. The predicted molar refractivity (Wildman–Crippen MR) is 134 cm³/mol. The Morgan fingerprint density at radius 1 is 0.912 bits per heavy atom. The number of carbonyl (C=O) groups is 1. The highest BCUT2D eigenvalue weighted by Crippen LogP contribution is 2.38. The Labute approximate surface area is 199 Å². The van der Waals surface area contributed by atoms with Crippen LogP contribution in [0.25, 0.3) is 17.4 Å². The lowest BCUT2D eigenvalue weighted by atomic mass is 10.1. The highest BCUT2D eigenvalue weighted by atomic mass is 32.2. The van der Waals surface area contributed by atoms with E-state index in [4.69, 9.17) is 4.42 Å². The third-order valence-electron chi connectivity index (χ3n) is 5.04. The zero-order chi connectivity index (χ0) is 23.5. The second-order valence-electron chi connectivity index (χ2n) is 7.33. The molecule has 4 aromatic rings. The van der Waals surface area contributed by atoms with Crippen molar-refractivity contribution in [3.8, 4) is 11.3 Å². The van der Waals surface area contributed by atoms with Gasteiger partial charge in [0.15, 0.2) is 5.17 Å². The molecule has 0 aliphatic carbocycles. The van der Waals surface area contributed by atoms with Gasteiger partial charge in [-0.1, -0.05) is 48.5 Å². The van der Waals surface area contributed by atoms with Gasteiger partial charge >= 0.3 is 0 Å². The molecule has 0 bridgehead atoms. The van der Waals surface area contributed by atoms with Crippen molar-refractivity contribution in [2.24, 2.45) is 4.99 Å². The van der Waals surface area contributed by atoms with Gasteiger partial charge in [-0.05, 0) is 48.2 Å². The van der Waals surface area contributed by atoms with Gasteiger partial charge in [0, 0.05) is 23.8 Å². The summed E-state index contributed by atoms with van der Waals surface area (Å²) in [6.07, 6.45) is 1.66. The summed E-state index contributed by atoms with van der Waals surface area (Å²) in [5.41, 5.74) is 2.03. The van der Waals surface area contributed by atoms with E-state index < -0.39 is 4.92 Å². The standard InChI is InChI=1S/C26H17N3O4S/c30-25-24(17-22-14-15-23(33-22)18-8-7-13-21(16-18)29(31)32)34-26(27-19-9-3-1-4-10-19)28(25)20-11-5-2-6-12-20/h1-17H/b24-17-,27-26?. The minimum Gasteiger partial charge on any atom is -0.457 e. The van der Waals surface area contributed by atoms with Crippen LogP contribution < -0.4 is 4.90 Å². The second kappa shape index (κ2) is 9.21. The van der Waals surface area contributed by atoms with Crippen LogP contribution in [0.2, 0.25) is 0 Å². The number of aliphatic imine (C=N–C) groups is 1. The van der Waals surface area contributed by atoms with Gasteiger partial charge in [-0.15, -0.1) is 0 Å². The minimum atomic E-state index is -0.449. The maximum Gasteiger partial charge on any atom is 0.271 e. The summed E-state index contributed by atoms with van der Waals surface area (Å²) in [7, 11) is 0. The number of rotatable bonds is 5. The summed E-state index contributed by atoms with van der Waals surface area (Å²) in [6, 6.07) is 28.5. The summed E-state index contributed by atoms with van der Waals surface area (Å²) < 4.78 is 5.89. The molecule has 1 aliphatic rings. The molecule has 0 saturated carbocycles. The fourth-order valence-corrected chi connectivity index (χ4v) is 4.43. The van der Waals surface area contributed by atoms with Gasteiger partial charge in [-0.3, -0.25) is 19.8 Å². The van der Waals surface area contributed by atoms with E-state index in [0.29, 0.717) is 27.2 Å². The Morgan fingerprint density at radius 3 is 2.38 bits per heavy atom. The van der Waals surface area contributed by atoms with Crippen LogP contribution in [-0.2, 0) is 4.79 Å². The molecule has 7 nitrogen and oxygen atoms in total. The lowest BCUT2D eigenvalue weighted by Gasteiger charge is -2.15. The molecule has 1 aliphatic heterocycles. The third-order valence-corrected chi connectivity index (χ3v) is 6.01. The Bertz CT molecular complexity index is 1430. The maximum absolute atomic E-state index is 13.3. The number of para-hydroxylation sites is 2. The highest BCUT2D eigenvalue weighted by molar-refractivity contribution is 8.19. The van der Waals surface area contributed by atoms with Crippen molar-refractivity contribution >= 4 is 46.0 Å². The SMILES string of the molecule is O=C1/C(=C/c2ccc(-c3cccc([N+](=O)[O-])c3)o2)SC(=Nc2ccccc2)N1c1ccccc1. The fourth-order valence-electron chi connectivity index (χ4n) is 3.45. The van der Waals surface area contributed by atoms with Crippen molar-refractivity contribution < 1.29 is 14.1 Å². The van der Waals surface area contributed by atoms with Gasteiger partial charge in [-0.2, -0.15) is 0 Å². The van der Waals surface area contributed by atoms with Crippen LogP contribution in [0.15, 0.2) is 111 Å². The number of amides is 1. The van der Waals surface area contributed by atoms with Crippen LogP contribution in [0.4, 0.5) is 17.1 Å². The van der Waals surface area contributed by atoms with Crippen molar-refractivity contribution in [3.05, 3.63) is 118 Å². The number of nitrogens with zero attached hydrogens (tertiary/aromatic N) is 3. The number of hydrogen-bond acceptors (Lipinski definition) is 6. The lowest BCUT2D eigenvalue weighted by Crippen LogP contribution is -2.28. The molecular weight excluding hydrogens is 450 g/mol. The second-order valence-corrected chi connectivity index (χ2v) is 8.34. The first-order chi connectivity index (χ1) is 16.6. The molecule has 34 heavy (non-hydrogen) atoms. The Hall–Kier alpha value is -4.43. The van der Waals surface area contributed by atoms with Crippen molar-refractivity contribution in [1.29, 1.82) is 0 Å². The smallest absolute Gasteiger partial charge is 0.271 e. The van der Waals surface area contributed by atoms with Crippen molar-refractivity contribution in [2.75, 3.05) is 4.90 Å². The summed E-state index contributed by atoms with van der Waals surface area (Å²) in [5.74, 6) is 0.731. The molecule has 0 N–H and O–H groups in total. The quantitative estimate of drug-likeness (QED) is 0.186. The zero-order valence-electron chi connectivity index (χ0n) is 17.7. The molecule has 8 heteroatoms. The van der Waals surface area contributed by atoms with Gasteiger partial charge in [-0.25, -0.2) is 4.99 Å². The van der Waals surface area contributed by atoms with Crippen molar-refractivity contribution in [3.63, 3.8) is 0 Å². The average molecular weight is 468 g/mol. The first kappa shape index (κ1) is 21.4. The van der Waals surface area contributed by atoms with E-state index in [1.165, 1.54) is 23.9 Å². The number of hydrogen-bond donors (Lipinski definition) is 0. The highest BCUT2D eigenvalue weighted by Gasteiger charge is 2.35. The van der Waals surface area contributed by atoms with Crippen LogP contribution in [0.5, 0.6) is 0 Å². The largest absolute Gasteiger partial charge is 0.457 e. The average Bonchev–Trinajstić information content (AvgIpc) is 3.45. The Balaban J connectivity index is 1.49. The number of furan rings is 1. The summed E-state index contributed by atoms with van der Waals surface area (Å²) >= 11 is 1.26. The van der Waals surface area contributed by atoms with E-state index >= 15 is 0 Å². The van der Waals surface area contributed by atoms with Gasteiger partial charge in [0.2, 0.25) is 0 Å². The number of anilines is 1. The molecule has 0 unspecified atom stereocenters. The first-order valence-electron chi connectivity index (χ1n) is 10.4. The number of nitro benzene ring substituents is 1. The number of non-ortho nitro benzene ring substituents is 1. The molecular formula is C26H17N3O4S. The molecule has 0 radical (unpaired) electrons. The van der Waals surface area contributed by atoms with E-state index in [2.05, 4.69) is 4.99 Å². The summed E-state index contributed by atoms with van der Waals surface area (Å²) in [6.45, 7) is 0. The van der Waals surface area contributed by atoms with E-state index in [9.17, 15) is 14.9 Å². The number of thioether (sulfide) groups is 1. The number of amidine groups is 1. The molecule has 2 heterocycles. The molecule has 3 aromatic carbocycles. The van der Waals surface area contributed by atoms with Crippen LogP contribution >= 0.6 is 11.8 Å². The van der Waals surface area contributed by atoms with Gasteiger partial charge < -0.3 is 4.42 Å². The molecule has 5 rings (SSSR count). The zero-order valence-corrected chi connectivity index (χ0v) is 18.5. The molecule has 1 fully saturated rings. The van der Waals surface area contributed by atoms with Gasteiger partial charge in [0.05, 0.1) is 21.2 Å². The van der Waals surface area contributed by atoms with Gasteiger partial charge in [0.25, 0.3) is 11.6 Å². The Kier molecular flexibility index (Phi) is 5.80. The first-order valence-corrected chi connectivity index (χ1v) is 11.2. The topological polar surface area (TPSA) is 88.9 Å². The van der Waals surface area contributed by atoms with Gasteiger partial charge in [0.1, 0.15) is 11.5 Å². The van der Waals surface area contributed by atoms with E-state index in [0.717, 1.165) is 11.4 Å². The van der Waals surface area contributed by atoms with E-state index in [1.807, 2.05) is 60.7 Å². The fraction of sp³-hybridized carbons (Fsp3) is 0. The molecule has 166 valence electrons. The molecule has 0 spiro atoms. The van der Waals surface area contributed by atoms with Crippen LogP contribution in [-0.4, -0.2) is 16.0 Å². The molecule has 1 amide bonds. The normalized spacial score (nSPS) is 15.9. The van der Waals surface area contributed by atoms with Crippen molar-refractivity contribution in [1.82, 2.24) is 0 Å². The van der Waals surface area contributed by atoms with Crippen molar-refractivity contribution in [2.45, 2.75) is 0 Å². The number of benzene rings is 3. The third kappa shape index (κ3) is 4.39.